The molecule has 1 fully saturated rings. The number of carbonyl (C=O) groups excluding carboxylic acids is 1. The Morgan fingerprint density at radius 3 is 3.00 bits per heavy atom. The Kier molecular flexibility index (Phi) is 2.67. The van der Waals surface area contributed by atoms with Gasteiger partial charge in [0, 0.05) is 5.92 Å². The Labute approximate surface area is 93.7 Å². The Balaban J connectivity index is 2.30. The van der Waals surface area contributed by atoms with Crippen molar-refractivity contribution >= 4 is 5.97 Å². The van der Waals surface area contributed by atoms with Gasteiger partial charge in [0.2, 0.25) is 6.29 Å². The molecule has 2 N–H and O–H groups in total. The van der Waals surface area contributed by atoms with Crippen molar-refractivity contribution in [3.63, 3.8) is 0 Å². The van der Waals surface area contributed by atoms with Crippen molar-refractivity contribution in [2.75, 3.05) is 7.11 Å². The van der Waals surface area contributed by atoms with Crippen molar-refractivity contribution in [1.29, 1.82) is 0 Å². The zero-order chi connectivity index (χ0) is 11.9. The summed E-state index contributed by atoms with van der Waals surface area (Å²) in [6, 6.07) is 0. The van der Waals surface area contributed by atoms with Crippen molar-refractivity contribution in [3.05, 3.63) is 11.8 Å². The molecule has 1 aliphatic heterocycles. The zero-order valence-electron chi connectivity index (χ0n) is 9.34. The van der Waals surface area contributed by atoms with Crippen molar-refractivity contribution in [2.24, 2.45) is 11.8 Å². The number of aliphatic hydroxyl groups is 2. The molecule has 2 aliphatic rings. The van der Waals surface area contributed by atoms with Gasteiger partial charge in [-0.25, -0.2) is 4.79 Å². The predicted molar refractivity (Wildman–Crippen MR) is 54.0 cm³/mol. The van der Waals surface area contributed by atoms with E-state index in [2.05, 4.69) is 4.74 Å². The third-order valence-corrected chi connectivity index (χ3v) is 3.58. The molecule has 0 spiro atoms. The van der Waals surface area contributed by atoms with Crippen molar-refractivity contribution < 1.29 is 24.5 Å². The SMILES string of the molecule is COC(=O)C1=COC(O)C2C1CC[C@]2(C)O. The maximum absolute atomic E-state index is 11.5. The van der Waals surface area contributed by atoms with Gasteiger partial charge in [0.25, 0.3) is 0 Å². The average molecular weight is 228 g/mol. The van der Waals surface area contributed by atoms with Crippen molar-refractivity contribution in [3.8, 4) is 0 Å². The van der Waals surface area contributed by atoms with E-state index in [1.54, 1.807) is 6.92 Å². The van der Waals surface area contributed by atoms with Crippen LogP contribution in [0.25, 0.3) is 0 Å². The van der Waals surface area contributed by atoms with Crippen molar-refractivity contribution in [1.82, 2.24) is 0 Å². The van der Waals surface area contributed by atoms with Gasteiger partial charge >= 0.3 is 5.97 Å². The monoisotopic (exact) mass is 228 g/mol. The predicted octanol–water partition coefficient (Wildman–Crippen LogP) is 0.169. The highest BCUT2D eigenvalue weighted by atomic mass is 16.6. The molecule has 1 heterocycles. The molecule has 3 unspecified atom stereocenters. The number of hydrogen-bond donors (Lipinski definition) is 2. The second-order valence-electron chi connectivity index (χ2n) is 4.62. The smallest absolute Gasteiger partial charge is 0.337 e. The first-order chi connectivity index (χ1) is 7.47. The van der Waals surface area contributed by atoms with Gasteiger partial charge in [-0.3, -0.25) is 0 Å². The molecule has 0 aromatic heterocycles. The lowest BCUT2D eigenvalue weighted by atomic mass is 9.81. The van der Waals surface area contributed by atoms with Gasteiger partial charge in [-0.2, -0.15) is 0 Å². The Morgan fingerprint density at radius 2 is 2.38 bits per heavy atom. The van der Waals surface area contributed by atoms with E-state index in [9.17, 15) is 15.0 Å². The molecular weight excluding hydrogens is 212 g/mol. The van der Waals surface area contributed by atoms with Gasteiger partial charge in [-0.15, -0.1) is 0 Å². The maximum atomic E-state index is 11.5. The lowest BCUT2D eigenvalue weighted by molar-refractivity contribution is -0.165. The molecule has 0 aromatic rings. The van der Waals surface area contributed by atoms with Gasteiger partial charge in [0.1, 0.15) is 0 Å². The molecular formula is C11H16O5. The molecule has 0 amide bonds. The summed E-state index contributed by atoms with van der Waals surface area (Å²) in [7, 11) is 1.30. The lowest BCUT2D eigenvalue weighted by Crippen LogP contribution is -2.44. The fourth-order valence-corrected chi connectivity index (χ4v) is 2.71. The second kappa shape index (κ2) is 3.75. The number of methoxy groups -OCH3 is 1. The quantitative estimate of drug-likeness (QED) is 0.626. The Hall–Kier alpha value is -1.07. The van der Waals surface area contributed by atoms with Crippen LogP contribution in [0, 0.1) is 11.8 Å². The summed E-state index contributed by atoms with van der Waals surface area (Å²) in [5.41, 5.74) is -0.604. The first kappa shape index (κ1) is 11.4. The summed E-state index contributed by atoms with van der Waals surface area (Å²) in [6.07, 6.45) is 1.38. The number of hydrogen-bond acceptors (Lipinski definition) is 5. The molecule has 90 valence electrons. The van der Waals surface area contributed by atoms with Crippen LogP contribution < -0.4 is 0 Å². The molecule has 16 heavy (non-hydrogen) atoms. The molecule has 0 saturated heterocycles. The van der Waals surface area contributed by atoms with Crippen LogP contribution in [0.3, 0.4) is 0 Å². The third kappa shape index (κ3) is 1.60. The van der Waals surface area contributed by atoms with Crippen LogP contribution in [0.1, 0.15) is 19.8 Å². The van der Waals surface area contributed by atoms with E-state index in [-0.39, 0.29) is 5.92 Å². The minimum Gasteiger partial charge on any atom is -0.472 e. The summed E-state index contributed by atoms with van der Waals surface area (Å²) < 4.78 is 9.65. The van der Waals surface area contributed by atoms with Gasteiger partial charge < -0.3 is 19.7 Å². The molecule has 0 bridgehead atoms. The van der Waals surface area contributed by atoms with Crippen LogP contribution in [-0.4, -0.2) is 35.2 Å². The van der Waals surface area contributed by atoms with Crippen LogP contribution in [0.15, 0.2) is 11.8 Å². The van der Waals surface area contributed by atoms with Gasteiger partial charge in [0.05, 0.1) is 30.5 Å². The van der Waals surface area contributed by atoms with Crippen LogP contribution >= 0.6 is 0 Å². The summed E-state index contributed by atoms with van der Waals surface area (Å²) in [4.78, 5) is 11.5. The molecule has 0 aromatic carbocycles. The van der Waals surface area contributed by atoms with Crippen LogP contribution in [-0.2, 0) is 14.3 Å². The molecule has 4 atom stereocenters. The van der Waals surface area contributed by atoms with Gasteiger partial charge in [-0.05, 0) is 19.8 Å². The average Bonchev–Trinajstić information content (AvgIpc) is 2.55. The van der Waals surface area contributed by atoms with E-state index in [0.717, 1.165) is 0 Å². The van der Waals surface area contributed by atoms with Crippen LogP contribution in [0.4, 0.5) is 0 Å². The molecule has 5 nitrogen and oxygen atoms in total. The number of ether oxygens (including phenoxy) is 2. The standard InChI is InChI=1S/C11H16O5/c1-11(14)4-3-6-7(9(12)15-2)5-16-10(13)8(6)11/h5-6,8,10,13-14H,3-4H2,1-2H3/t6?,8?,10?,11-/m0/s1. The maximum Gasteiger partial charge on any atom is 0.337 e. The lowest BCUT2D eigenvalue weighted by Gasteiger charge is -2.35. The highest BCUT2D eigenvalue weighted by Crippen LogP contribution is 2.48. The van der Waals surface area contributed by atoms with Crippen LogP contribution in [0.5, 0.6) is 0 Å². The summed E-state index contributed by atoms with van der Waals surface area (Å²) in [5.74, 6) is -1.11. The topological polar surface area (TPSA) is 76.0 Å². The van der Waals surface area contributed by atoms with E-state index in [4.69, 9.17) is 4.74 Å². The third-order valence-electron chi connectivity index (χ3n) is 3.58. The second-order valence-corrected chi connectivity index (χ2v) is 4.62. The highest BCUT2D eigenvalue weighted by molar-refractivity contribution is 5.89. The molecule has 1 aliphatic carbocycles. The van der Waals surface area contributed by atoms with E-state index < -0.39 is 23.8 Å². The first-order valence-electron chi connectivity index (χ1n) is 5.31. The van der Waals surface area contributed by atoms with Crippen molar-refractivity contribution in [2.45, 2.75) is 31.7 Å². The minimum absolute atomic E-state index is 0.189. The molecule has 2 rings (SSSR count). The molecule has 5 heteroatoms. The van der Waals surface area contributed by atoms with E-state index in [1.165, 1.54) is 13.4 Å². The fourth-order valence-electron chi connectivity index (χ4n) is 2.71. The summed E-state index contributed by atoms with van der Waals surface area (Å²) in [5, 5.41) is 19.8. The number of aliphatic hydroxyl groups excluding tert-OH is 1. The largest absolute Gasteiger partial charge is 0.472 e. The molecule has 0 radical (unpaired) electrons. The summed E-state index contributed by atoms with van der Waals surface area (Å²) in [6.45, 7) is 1.66. The van der Waals surface area contributed by atoms with Gasteiger partial charge in [0.15, 0.2) is 0 Å². The van der Waals surface area contributed by atoms with E-state index in [0.29, 0.717) is 18.4 Å². The summed E-state index contributed by atoms with van der Waals surface area (Å²) >= 11 is 0. The minimum atomic E-state index is -1.06. The zero-order valence-corrected chi connectivity index (χ0v) is 9.34. The van der Waals surface area contributed by atoms with E-state index in [1.807, 2.05) is 0 Å². The number of esters is 1. The Morgan fingerprint density at radius 1 is 1.69 bits per heavy atom. The van der Waals surface area contributed by atoms with E-state index >= 15 is 0 Å². The molecule has 1 saturated carbocycles. The van der Waals surface area contributed by atoms with Crippen LogP contribution in [0.2, 0.25) is 0 Å². The highest BCUT2D eigenvalue weighted by Gasteiger charge is 2.53. The fraction of sp³-hybridized carbons (Fsp3) is 0.727. The normalized spacial score (nSPS) is 42.0. The Bertz CT molecular complexity index is 333. The first-order valence-corrected chi connectivity index (χ1v) is 5.31. The number of carbonyl (C=O) groups is 1. The number of fused-ring (bicyclic) bond motifs is 1. The number of rotatable bonds is 1. The van der Waals surface area contributed by atoms with Gasteiger partial charge in [-0.1, -0.05) is 0 Å².